The van der Waals surface area contributed by atoms with Crippen molar-refractivity contribution in [2.75, 3.05) is 0 Å². The highest BCUT2D eigenvalue weighted by Gasteiger charge is 2.14. The molecule has 2 nitrogen and oxygen atoms in total. The fourth-order valence-electron chi connectivity index (χ4n) is 1.16. The Kier molecular flexibility index (Phi) is 3.84. The largest absolute Gasteiger partial charge is 0.294 e. The van der Waals surface area contributed by atoms with Gasteiger partial charge in [-0.1, -0.05) is 35.0 Å². The van der Waals surface area contributed by atoms with Crippen LogP contribution >= 0.6 is 15.9 Å². The second-order valence-electron chi connectivity index (χ2n) is 3.14. The second-order valence-corrected chi connectivity index (χ2v) is 4.05. The van der Waals surface area contributed by atoms with Crippen molar-refractivity contribution in [3.8, 4) is 6.07 Å². The molecule has 0 N–H and O–H groups in total. The molecule has 1 unspecified atom stereocenters. The summed E-state index contributed by atoms with van der Waals surface area (Å²) in [5, 5.41) is 8.48. The van der Waals surface area contributed by atoms with Crippen LogP contribution in [0.15, 0.2) is 28.7 Å². The minimum absolute atomic E-state index is 0.0212. The molecule has 0 aliphatic heterocycles. The summed E-state index contributed by atoms with van der Waals surface area (Å²) >= 11 is 3.30. The molecule has 0 bridgehead atoms. The van der Waals surface area contributed by atoms with E-state index in [1.807, 2.05) is 18.2 Å². The minimum Gasteiger partial charge on any atom is -0.294 e. The lowest BCUT2D eigenvalue weighted by atomic mass is 9.97. The van der Waals surface area contributed by atoms with Crippen molar-refractivity contribution in [1.82, 2.24) is 0 Å². The highest BCUT2D eigenvalue weighted by molar-refractivity contribution is 9.10. The summed E-state index contributed by atoms with van der Waals surface area (Å²) in [6.07, 6.45) is 0.269. The van der Waals surface area contributed by atoms with Gasteiger partial charge in [-0.3, -0.25) is 4.79 Å². The summed E-state index contributed by atoms with van der Waals surface area (Å²) in [5.74, 6) is -0.206. The van der Waals surface area contributed by atoms with Gasteiger partial charge < -0.3 is 0 Å². The molecule has 0 saturated heterocycles. The van der Waals surface area contributed by atoms with Crippen molar-refractivity contribution in [3.63, 3.8) is 0 Å². The third-order valence-corrected chi connectivity index (χ3v) is 2.45. The Morgan fingerprint density at radius 3 is 2.93 bits per heavy atom. The van der Waals surface area contributed by atoms with Crippen LogP contribution in [0.4, 0.5) is 0 Å². The zero-order valence-corrected chi connectivity index (χ0v) is 9.41. The third kappa shape index (κ3) is 2.68. The van der Waals surface area contributed by atoms with E-state index >= 15 is 0 Å². The molecule has 1 aromatic rings. The van der Waals surface area contributed by atoms with Gasteiger partial charge >= 0.3 is 0 Å². The average Bonchev–Trinajstić information content (AvgIpc) is 2.17. The molecule has 0 aliphatic carbocycles. The number of ketones is 1. The Morgan fingerprint density at radius 1 is 1.64 bits per heavy atom. The van der Waals surface area contributed by atoms with E-state index in [9.17, 15) is 4.79 Å². The smallest absolute Gasteiger partial charge is 0.166 e. The number of hydrogen-bond donors (Lipinski definition) is 0. The van der Waals surface area contributed by atoms with Gasteiger partial charge in [0.2, 0.25) is 0 Å². The van der Waals surface area contributed by atoms with Gasteiger partial charge in [-0.05, 0) is 12.1 Å². The van der Waals surface area contributed by atoms with E-state index in [2.05, 4.69) is 15.9 Å². The molecule has 1 atom stereocenters. The van der Waals surface area contributed by atoms with E-state index in [4.69, 9.17) is 5.26 Å². The van der Waals surface area contributed by atoms with E-state index in [1.165, 1.54) is 0 Å². The van der Waals surface area contributed by atoms with Crippen LogP contribution in [0.5, 0.6) is 0 Å². The van der Waals surface area contributed by atoms with Crippen molar-refractivity contribution in [3.05, 3.63) is 34.3 Å². The van der Waals surface area contributed by atoms with E-state index in [-0.39, 0.29) is 18.1 Å². The lowest BCUT2D eigenvalue weighted by Crippen LogP contribution is -2.10. The van der Waals surface area contributed by atoms with Crippen LogP contribution in [0, 0.1) is 17.2 Å². The second kappa shape index (κ2) is 4.92. The van der Waals surface area contributed by atoms with Crippen molar-refractivity contribution in [2.45, 2.75) is 13.3 Å². The fourth-order valence-corrected chi connectivity index (χ4v) is 1.56. The number of carbonyl (C=O) groups excluding carboxylic acids is 1. The maximum atomic E-state index is 11.7. The molecule has 0 fully saturated rings. The van der Waals surface area contributed by atoms with Crippen LogP contribution in [0.3, 0.4) is 0 Å². The van der Waals surface area contributed by atoms with Crippen molar-refractivity contribution in [1.29, 1.82) is 5.26 Å². The number of nitriles is 1. The molecule has 1 rings (SSSR count). The quantitative estimate of drug-likeness (QED) is 0.775. The minimum atomic E-state index is -0.228. The molecule has 14 heavy (non-hydrogen) atoms. The summed E-state index contributed by atoms with van der Waals surface area (Å²) in [6, 6.07) is 9.22. The summed E-state index contributed by atoms with van der Waals surface area (Å²) in [4.78, 5) is 11.7. The molecule has 1 aromatic carbocycles. The van der Waals surface area contributed by atoms with Crippen LogP contribution < -0.4 is 0 Å². The summed E-state index contributed by atoms with van der Waals surface area (Å²) in [5.41, 5.74) is 0.655. The Labute approximate surface area is 91.7 Å². The highest BCUT2D eigenvalue weighted by atomic mass is 79.9. The van der Waals surface area contributed by atoms with Gasteiger partial charge in [-0.25, -0.2) is 0 Å². The fraction of sp³-hybridized carbons (Fsp3) is 0.273. The SMILES string of the molecule is CC(CC#N)C(=O)c1cccc(Br)c1. The maximum Gasteiger partial charge on any atom is 0.166 e. The summed E-state index contributed by atoms with van der Waals surface area (Å²) < 4.78 is 0.882. The van der Waals surface area contributed by atoms with Gasteiger partial charge in [-0.15, -0.1) is 0 Å². The maximum absolute atomic E-state index is 11.7. The molecule has 0 aromatic heterocycles. The summed E-state index contributed by atoms with van der Waals surface area (Å²) in [6.45, 7) is 1.77. The van der Waals surface area contributed by atoms with Gasteiger partial charge in [0.1, 0.15) is 0 Å². The molecule has 0 amide bonds. The van der Waals surface area contributed by atoms with Gasteiger partial charge in [0.15, 0.2) is 5.78 Å². The number of halogens is 1. The molecule has 0 radical (unpaired) electrons. The number of rotatable bonds is 3. The predicted molar refractivity (Wildman–Crippen MR) is 57.9 cm³/mol. The predicted octanol–water partition coefficient (Wildman–Crippen LogP) is 3.18. The molecule has 0 aliphatic rings. The van der Waals surface area contributed by atoms with E-state index in [0.717, 1.165) is 4.47 Å². The first-order chi connectivity index (χ1) is 6.65. The first-order valence-electron chi connectivity index (χ1n) is 4.32. The zero-order chi connectivity index (χ0) is 10.6. The molecule has 0 saturated carbocycles. The van der Waals surface area contributed by atoms with Crippen LogP contribution in [0.1, 0.15) is 23.7 Å². The molecular weight excluding hydrogens is 242 g/mol. The van der Waals surface area contributed by atoms with Gasteiger partial charge in [0, 0.05) is 22.4 Å². The van der Waals surface area contributed by atoms with Gasteiger partial charge in [-0.2, -0.15) is 5.26 Å². The third-order valence-electron chi connectivity index (χ3n) is 1.95. The number of hydrogen-bond acceptors (Lipinski definition) is 2. The number of Topliss-reactive ketones (excluding diaryl/α,β-unsaturated/α-hetero) is 1. The lowest BCUT2D eigenvalue weighted by molar-refractivity contribution is 0.0932. The molecule has 3 heteroatoms. The first kappa shape index (κ1) is 10.9. The van der Waals surface area contributed by atoms with Crippen LogP contribution in [-0.4, -0.2) is 5.78 Å². The standard InChI is InChI=1S/C11H10BrNO/c1-8(5-6-13)11(14)9-3-2-4-10(12)7-9/h2-4,7-8H,5H2,1H3. The molecule has 0 spiro atoms. The topological polar surface area (TPSA) is 40.9 Å². The van der Waals surface area contributed by atoms with Crippen LogP contribution in [0.2, 0.25) is 0 Å². The Hall–Kier alpha value is -1.14. The Morgan fingerprint density at radius 2 is 2.36 bits per heavy atom. The van der Waals surface area contributed by atoms with E-state index in [0.29, 0.717) is 5.56 Å². The van der Waals surface area contributed by atoms with Crippen LogP contribution in [0.25, 0.3) is 0 Å². The first-order valence-corrected chi connectivity index (χ1v) is 5.11. The normalized spacial score (nSPS) is 11.8. The number of benzene rings is 1. The van der Waals surface area contributed by atoms with Crippen molar-refractivity contribution >= 4 is 21.7 Å². The monoisotopic (exact) mass is 251 g/mol. The highest BCUT2D eigenvalue weighted by Crippen LogP contribution is 2.16. The summed E-state index contributed by atoms with van der Waals surface area (Å²) in [7, 11) is 0. The molecular formula is C11H10BrNO. The Bertz CT molecular complexity index is 381. The lowest BCUT2D eigenvalue weighted by Gasteiger charge is -2.05. The molecule has 0 heterocycles. The van der Waals surface area contributed by atoms with Crippen molar-refractivity contribution < 1.29 is 4.79 Å². The van der Waals surface area contributed by atoms with E-state index in [1.54, 1.807) is 19.1 Å². The Balaban J connectivity index is 2.85. The zero-order valence-electron chi connectivity index (χ0n) is 7.83. The van der Waals surface area contributed by atoms with Gasteiger partial charge in [0.05, 0.1) is 6.07 Å². The van der Waals surface area contributed by atoms with Crippen LogP contribution in [-0.2, 0) is 0 Å². The molecule has 72 valence electrons. The number of nitrogens with zero attached hydrogens (tertiary/aromatic N) is 1. The van der Waals surface area contributed by atoms with Gasteiger partial charge in [0.25, 0.3) is 0 Å². The average molecular weight is 252 g/mol. The van der Waals surface area contributed by atoms with E-state index < -0.39 is 0 Å². The number of carbonyl (C=O) groups is 1. The van der Waals surface area contributed by atoms with Crippen molar-refractivity contribution in [2.24, 2.45) is 5.92 Å².